The molecule has 3 N–H and O–H groups in total. The van der Waals surface area contributed by atoms with Gasteiger partial charge in [-0.15, -0.1) is 0 Å². The molecule has 0 unspecified atom stereocenters. The first-order chi connectivity index (χ1) is 10.7. The summed E-state index contributed by atoms with van der Waals surface area (Å²) >= 11 is 0. The van der Waals surface area contributed by atoms with Crippen molar-refractivity contribution in [1.82, 2.24) is 5.32 Å². The Kier molecular flexibility index (Phi) is 4.41. The van der Waals surface area contributed by atoms with Crippen LogP contribution in [-0.2, 0) is 13.0 Å². The molecule has 2 aromatic carbocycles. The van der Waals surface area contributed by atoms with E-state index in [-0.39, 0.29) is 18.0 Å². The molecule has 4 heteroatoms. The van der Waals surface area contributed by atoms with Crippen LogP contribution in [0.15, 0.2) is 48.5 Å². The monoisotopic (exact) mass is 300 g/mol. The third-order valence-electron chi connectivity index (χ3n) is 4.24. The van der Waals surface area contributed by atoms with Crippen molar-refractivity contribution >= 4 is 5.69 Å². The lowest BCUT2D eigenvalue weighted by molar-refractivity contribution is 0.281. The molecule has 0 spiro atoms. The number of rotatable bonds is 5. The molecule has 1 fully saturated rings. The van der Waals surface area contributed by atoms with E-state index in [0.717, 1.165) is 25.9 Å². The smallest absolute Gasteiger partial charge is 0.146 e. The maximum atomic E-state index is 14.2. The van der Waals surface area contributed by atoms with E-state index in [1.807, 2.05) is 18.2 Å². The van der Waals surface area contributed by atoms with Crippen molar-refractivity contribution in [3.05, 3.63) is 65.5 Å². The summed E-state index contributed by atoms with van der Waals surface area (Å²) in [6.07, 6.45) is 1.80. The van der Waals surface area contributed by atoms with Crippen LogP contribution in [0.5, 0.6) is 0 Å². The van der Waals surface area contributed by atoms with Crippen molar-refractivity contribution in [1.29, 1.82) is 0 Å². The maximum Gasteiger partial charge on any atom is 0.146 e. The van der Waals surface area contributed by atoms with Gasteiger partial charge in [0.05, 0.1) is 17.8 Å². The van der Waals surface area contributed by atoms with Crippen molar-refractivity contribution in [2.24, 2.45) is 0 Å². The van der Waals surface area contributed by atoms with E-state index in [2.05, 4.69) is 22.8 Å². The van der Waals surface area contributed by atoms with Gasteiger partial charge in [-0.1, -0.05) is 36.4 Å². The third-order valence-corrected chi connectivity index (χ3v) is 4.24. The van der Waals surface area contributed by atoms with Gasteiger partial charge >= 0.3 is 0 Å². The Bertz CT molecular complexity index is 624. The summed E-state index contributed by atoms with van der Waals surface area (Å²) < 4.78 is 14.2. The molecule has 1 aliphatic rings. The van der Waals surface area contributed by atoms with Crippen molar-refractivity contribution in [2.75, 3.05) is 18.4 Å². The van der Waals surface area contributed by atoms with E-state index in [1.54, 1.807) is 12.1 Å². The average molecular weight is 300 g/mol. The molecule has 0 bridgehead atoms. The third kappa shape index (κ3) is 3.29. The Hall–Kier alpha value is -1.91. The minimum atomic E-state index is -0.314. The molecule has 1 saturated heterocycles. The average Bonchev–Trinajstić information content (AvgIpc) is 2.98. The predicted molar refractivity (Wildman–Crippen MR) is 86.3 cm³/mol. The number of nitrogens with one attached hydrogen (secondary N) is 2. The highest BCUT2D eigenvalue weighted by molar-refractivity contribution is 5.49. The second kappa shape index (κ2) is 6.46. The number of hydrogen-bond acceptors (Lipinski definition) is 3. The number of aliphatic hydroxyl groups is 1. The van der Waals surface area contributed by atoms with E-state index in [4.69, 9.17) is 5.11 Å². The molecule has 22 heavy (non-hydrogen) atoms. The van der Waals surface area contributed by atoms with Crippen LogP contribution in [0.2, 0.25) is 0 Å². The zero-order valence-corrected chi connectivity index (χ0v) is 12.5. The van der Waals surface area contributed by atoms with Crippen molar-refractivity contribution in [3.63, 3.8) is 0 Å². The second-order valence-corrected chi connectivity index (χ2v) is 5.97. The summed E-state index contributed by atoms with van der Waals surface area (Å²) in [5.41, 5.74) is 2.15. The van der Waals surface area contributed by atoms with E-state index >= 15 is 0 Å². The van der Waals surface area contributed by atoms with Gasteiger partial charge in [-0.05, 0) is 42.6 Å². The molecule has 0 amide bonds. The number of hydrogen-bond donors (Lipinski definition) is 3. The fourth-order valence-corrected chi connectivity index (χ4v) is 3.08. The molecule has 1 heterocycles. The standard InChI is InChI=1S/C18H21FN2O/c19-16-10-15(12-22)6-7-17(16)21-18(8-9-20-13-18)11-14-4-2-1-3-5-14/h1-7,10,20-22H,8-9,11-13H2/t18-/m0/s1. The number of anilines is 1. The highest BCUT2D eigenvalue weighted by atomic mass is 19.1. The molecule has 1 atom stereocenters. The molecule has 0 aromatic heterocycles. The summed E-state index contributed by atoms with van der Waals surface area (Å²) in [5, 5.41) is 15.9. The Morgan fingerprint density at radius 2 is 1.95 bits per heavy atom. The highest BCUT2D eigenvalue weighted by Crippen LogP contribution is 2.28. The summed E-state index contributed by atoms with van der Waals surface area (Å²) in [6.45, 7) is 1.59. The van der Waals surface area contributed by atoms with Gasteiger partial charge in [0.2, 0.25) is 0 Å². The Labute approximate surface area is 130 Å². The van der Waals surface area contributed by atoms with Gasteiger partial charge in [-0.25, -0.2) is 4.39 Å². The summed E-state index contributed by atoms with van der Waals surface area (Å²) in [6, 6.07) is 15.1. The van der Waals surface area contributed by atoms with Crippen LogP contribution in [0.25, 0.3) is 0 Å². The minimum absolute atomic E-state index is 0.145. The van der Waals surface area contributed by atoms with Gasteiger partial charge in [0.15, 0.2) is 0 Å². The van der Waals surface area contributed by atoms with Crippen molar-refractivity contribution < 1.29 is 9.50 Å². The Morgan fingerprint density at radius 1 is 1.14 bits per heavy atom. The molecule has 1 aliphatic heterocycles. The van der Waals surface area contributed by atoms with Gasteiger partial charge in [-0.2, -0.15) is 0 Å². The zero-order chi connectivity index (χ0) is 15.4. The fourth-order valence-electron chi connectivity index (χ4n) is 3.08. The van der Waals surface area contributed by atoms with Gasteiger partial charge in [0.25, 0.3) is 0 Å². The van der Waals surface area contributed by atoms with Crippen LogP contribution in [0, 0.1) is 5.82 Å². The van der Waals surface area contributed by atoms with Gasteiger partial charge < -0.3 is 15.7 Å². The van der Waals surface area contributed by atoms with Crippen LogP contribution < -0.4 is 10.6 Å². The van der Waals surface area contributed by atoms with E-state index in [1.165, 1.54) is 11.6 Å². The molecule has 116 valence electrons. The van der Waals surface area contributed by atoms with Gasteiger partial charge in [0.1, 0.15) is 5.82 Å². The van der Waals surface area contributed by atoms with Gasteiger partial charge in [0, 0.05) is 6.54 Å². The molecule has 2 aromatic rings. The lowest BCUT2D eigenvalue weighted by Crippen LogP contribution is -2.43. The minimum Gasteiger partial charge on any atom is -0.392 e. The first kappa shape index (κ1) is 15.0. The number of aliphatic hydroxyl groups excluding tert-OH is 1. The molecular weight excluding hydrogens is 279 g/mol. The molecule has 0 saturated carbocycles. The summed E-state index contributed by atoms with van der Waals surface area (Å²) in [5.74, 6) is -0.314. The van der Waals surface area contributed by atoms with Crippen molar-refractivity contribution in [3.8, 4) is 0 Å². The number of benzene rings is 2. The van der Waals surface area contributed by atoms with E-state index in [0.29, 0.717) is 11.3 Å². The van der Waals surface area contributed by atoms with Crippen LogP contribution in [0.3, 0.4) is 0 Å². The molecule has 3 nitrogen and oxygen atoms in total. The van der Waals surface area contributed by atoms with E-state index in [9.17, 15) is 4.39 Å². The number of halogens is 1. The van der Waals surface area contributed by atoms with Gasteiger partial charge in [-0.3, -0.25) is 0 Å². The molecule has 0 radical (unpaired) electrons. The lowest BCUT2D eigenvalue weighted by atomic mass is 9.89. The molecular formula is C18H21FN2O. The quantitative estimate of drug-likeness (QED) is 0.795. The Balaban J connectivity index is 1.82. The molecule has 3 rings (SSSR count). The fraction of sp³-hybridized carbons (Fsp3) is 0.333. The topological polar surface area (TPSA) is 44.3 Å². The zero-order valence-electron chi connectivity index (χ0n) is 12.5. The molecule has 0 aliphatic carbocycles. The predicted octanol–water partition coefficient (Wildman–Crippen LogP) is 2.70. The van der Waals surface area contributed by atoms with Crippen LogP contribution in [0.1, 0.15) is 17.5 Å². The summed E-state index contributed by atoms with van der Waals surface area (Å²) in [4.78, 5) is 0. The van der Waals surface area contributed by atoms with Crippen LogP contribution >= 0.6 is 0 Å². The van der Waals surface area contributed by atoms with E-state index < -0.39 is 0 Å². The van der Waals surface area contributed by atoms with Crippen LogP contribution in [-0.4, -0.2) is 23.7 Å². The normalized spacial score (nSPS) is 21.0. The SMILES string of the molecule is OCc1ccc(N[C@]2(Cc3ccccc3)CCNC2)c(F)c1. The second-order valence-electron chi connectivity index (χ2n) is 5.97. The summed E-state index contributed by atoms with van der Waals surface area (Å²) in [7, 11) is 0. The largest absolute Gasteiger partial charge is 0.392 e. The highest BCUT2D eigenvalue weighted by Gasteiger charge is 2.34. The first-order valence-corrected chi connectivity index (χ1v) is 7.63. The first-order valence-electron chi connectivity index (χ1n) is 7.63. The maximum absolute atomic E-state index is 14.2. The Morgan fingerprint density at radius 3 is 2.59 bits per heavy atom. The lowest BCUT2D eigenvalue weighted by Gasteiger charge is -2.31. The van der Waals surface area contributed by atoms with Crippen molar-refractivity contribution in [2.45, 2.75) is 25.0 Å². The van der Waals surface area contributed by atoms with Crippen LogP contribution in [0.4, 0.5) is 10.1 Å².